The first kappa shape index (κ1) is 13.4. The van der Waals surface area contributed by atoms with E-state index in [9.17, 15) is 9.90 Å². The predicted molar refractivity (Wildman–Crippen MR) is 75.1 cm³/mol. The average Bonchev–Trinajstić information content (AvgIpc) is 2.40. The van der Waals surface area contributed by atoms with E-state index < -0.39 is 0 Å². The average molecular weight is 312 g/mol. The van der Waals surface area contributed by atoms with Crippen molar-refractivity contribution < 1.29 is 9.90 Å². The summed E-state index contributed by atoms with van der Waals surface area (Å²) in [6, 6.07) is 6.64. The van der Waals surface area contributed by atoms with E-state index in [0.717, 1.165) is 11.8 Å². The monoisotopic (exact) mass is 311 g/mol. The summed E-state index contributed by atoms with van der Waals surface area (Å²) in [6.07, 6.45) is 4.66. The Morgan fingerprint density at radius 2 is 1.94 bits per heavy atom. The van der Waals surface area contributed by atoms with Gasteiger partial charge in [0.1, 0.15) is 5.75 Å². The van der Waals surface area contributed by atoms with Gasteiger partial charge in [-0.25, -0.2) is 0 Å². The minimum absolute atomic E-state index is 0.0483. The summed E-state index contributed by atoms with van der Waals surface area (Å²) in [5.41, 5.74) is 0.603. The quantitative estimate of drug-likeness (QED) is 0.843. The lowest BCUT2D eigenvalue weighted by Crippen LogP contribution is -2.42. The van der Waals surface area contributed by atoms with E-state index in [1.807, 2.05) is 0 Å². The lowest BCUT2D eigenvalue weighted by Gasteiger charge is -2.31. The topological polar surface area (TPSA) is 49.3 Å². The third kappa shape index (κ3) is 3.25. The number of halogens is 1. The van der Waals surface area contributed by atoms with Crippen LogP contribution in [0.5, 0.6) is 5.75 Å². The van der Waals surface area contributed by atoms with Crippen LogP contribution in [0.1, 0.15) is 36.0 Å². The number of rotatable bonds is 3. The Hall–Kier alpha value is -1.03. The van der Waals surface area contributed by atoms with Crippen molar-refractivity contribution in [2.45, 2.75) is 31.7 Å². The Kier molecular flexibility index (Phi) is 4.64. The summed E-state index contributed by atoms with van der Waals surface area (Å²) in [4.78, 5) is 12.1. The van der Waals surface area contributed by atoms with Crippen molar-refractivity contribution >= 4 is 21.8 Å². The highest BCUT2D eigenvalue weighted by molar-refractivity contribution is 9.09. The fraction of sp³-hybridized carbons (Fsp3) is 0.500. The van der Waals surface area contributed by atoms with E-state index in [1.165, 1.54) is 31.4 Å². The van der Waals surface area contributed by atoms with Crippen molar-refractivity contribution in [3.8, 4) is 5.75 Å². The number of aromatic hydroxyl groups is 1. The maximum absolute atomic E-state index is 12.1. The Balaban J connectivity index is 1.99. The molecule has 98 valence electrons. The second-order valence-corrected chi connectivity index (χ2v) is 5.47. The number of carbonyl (C=O) groups is 1. The molecule has 1 saturated carbocycles. The first-order valence-corrected chi connectivity index (χ1v) is 7.48. The molecule has 0 bridgehead atoms. The normalized spacial score (nSPS) is 23.6. The Morgan fingerprint density at radius 1 is 1.28 bits per heavy atom. The standard InChI is InChI=1S/C14H18BrNO2/c15-9-11-3-1-2-4-13(11)16-14(18)10-5-7-12(17)8-6-10/h5-8,11,13,17H,1-4,9H2,(H,16,18). The molecule has 1 aromatic rings. The van der Waals surface area contributed by atoms with Crippen LogP contribution in [-0.2, 0) is 0 Å². The maximum Gasteiger partial charge on any atom is 0.251 e. The smallest absolute Gasteiger partial charge is 0.251 e. The van der Waals surface area contributed by atoms with Gasteiger partial charge in [-0.05, 0) is 43.0 Å². The maximum atomic E-state index is 12.1. The van der Waals surface area contributed by atoms with Gasteiger partial charge in [-0.1, -0.05) is 28.8 Å². The number of benzene rings is 1. The van der Waals surface area contributed by atoms with Crippen molar-refractivity contribution in [1.82, 2.24) is 5.32 Å². The fourth-order valence-electron chi connectivity index (χ4n) is 2.45. The molecule has 4 heteroatoms. The van der Waals surface area contributed by atoms with Crippen molar-refractivity contribution in [3.63, 3.8) is 0 Å². The second-order valence-electron chi connectivity index (χ2n) is 4.83. The Labute approximate surface area is 116 Å². The van der Waals surface area contributed by atoms with E-state index >= 15 is 0 Å². The Bertz CT molecular complexity index is 405. The first-order chi connectivity index (χ1) is 8.70. The van der Waals surface area contributed by atoms with Crippen LogP contribution in [0.25, 0.3) is 0 Å². The third-order valence-corrected chi connectivity index (χ3v) is 4.38. The van der Waals surface area contributed by atoms with Gasteiger partial charge in [0.15, 0.2) is 0 Å². The van der Waals surface area contributed by atoms with Crippen LogP contribution in [-0.4, -0.2) is 22.4 Å². The number of phenolic OH excluding ortho intramolecular Hbond substituents is 1. The molecule has 0 aliphatic heterocycles. The van der Waals surface area contributed by atoms with E-state index in [1.54, 1.807) is 12.1 Å². The Morgan fingerprint density at radius 3 is 2.61 bits per heavy atom. The van der Waals surface area contributed by atoms with Crippen molar-refractivity contribution in [1.29, 1.82) is 0 Å². The van der Waals surface area contributed by atoms with Gasteiger partial charge in [-0.15, -0.1) is 0 Å². The van der Waals surface area contributed by atoms with Gasteiger partial charge in [0.2, 0.25) is 0 Å². The summed E-state index contributed by atoms with van der Waals surface area (Å²) in [5.74, 6) is 0.662. The lowest BCUT2D eigenvalue weighted by molar-refractivity contribution is 0.0911. The molecule has 0 heterocycles. The van der Waals surface area contributed by atoms with Gasteiger partial charge in [0.05, 0.1) is 0 Å². The van der Waals surface area contributed by atoms with E-state index in [-0.39, 0.29) is 17.7 Å². The summed E-state index contributed by atoms with van der Waals surface area (Å²) in [7, 11) is 0. The van der Waals surface area contributed by atoms with E-state index in [0.29, 0.717) is 11.5 Å². The van der Waals surface area contributed by atoms with Crippen molar-refractivity contribution in [3.05, 3.63) is 29.8 Å². The second kappa shape index (κ2) is 6.23. The zero-order chi connectivity index (χ0) is 13.0. The molecule has 18 heavy (non-hydrogen) atoms. The third-order valence-electron chi connectivity index (χ3n) is 3.55. The summed E-state index contributed by atoms with van der Waals surface area (Å²) in [6.45, 7) is 0. The predicted octanol–water partition coefficient (Wildman–Crippen LogP) is 3.08. The lowest BCUT2D eigenvalue weighted by atomic mass is 9.86. The SMILES string of the molecule is O=C(NC1CCCCC1CBr)c1ccc(O)cc1. The summed E-state index contributed by atoms with van der Waals surface area (Å²) >= 11 is 3.52. The molecule has 2 unspecified atom stereocenters. The van der Waals surface area contributed by atoms with Crippen LogP contribution in [0.2, 0.25) is 0 Å². The molecule has 0 spiro atoms. The highest BCUT2D eigenvalue weighted by Gasteiger charge is 2.25. The number of phenols is 1. The fourth-order valence-corrected chi connectivity index (χ4v) is 3.22. The van der Waals surface area contributed by atoms with Gasteiger partial charge in [0, 0.05) is 16.9 Å². The molecule has 1 aromatic carbocycles. The first-order valence-electron chi connectivity index (χ1n) is 6.36. The van der Waals surface area contributed by atoms with Gasteiger partial charge in [-0.2, -0.15) is 0 Å². The number of hydrogen-bond donors (Lipinski definition) is 2. The summed E-state index contributed by atoms with van der Waals surface area (Å²) < 4.78 is 0. The van der Waals surface area contributed by atoms with Gasteiger partial charge in [0.25, 0.3) is 5.91 Å². The van der Waals surface area contributed by atoms with Crippen molar-refractivity contribution in [2.24, 2.45) is 5.92 Å². The van der Waals surface area contributed by atoms with Crippen LogP contribution in [0.3, 0.4) is 0 Å². The number of amides is 1. The molecule has 1 fully saturated rings. The molecule has 1 amide bonds. The zero-order valence-corrected chi connectivity index (χ0v) is 11.8. The molecule has 1 aliphatic carbocycles. The molecule has 1 aliphatic rings. The number of carbonyl (C=O) groups excluding carboxylic acids is 1. The van der Waals surface area contributed by atoms with E-state index in [2.05, 4.69) is 21.2 Å². The molecule has 2 rings (SSSR count). The molecular formula is C14H18BrNO2. The van der Waals surface area contributed by atoms with Gasteiger partial charge in [-0.3, -0.25) is 4.79 Å². The highest BCUT2D eigenvalue weighted by atomic mass is 79.9. The zero-order valence-electron chi connectivity index (χ0n) is 10.2. The molecule has 3 nitrogen and oxygen atoms in total. The number of hydrogen-bond acceptors (Lipinski definition) is 2. The number of alkyl halides is 1. The van der Waals surface area contributed by atoms with Crippen LogP contribution in [0, 0.1) is 5.92 Å². The van der Waals surface area contributed by atoms with Gasteiger partial charge >= 0.3 is 0 Å². The van der Waals surface area contributed by atoms with Crippen LogP contribution in [0.15, 0.2) is 24.3 Å². The van der Waals surface area contributed by atoms with Crippen LogP contribution < -0.4 is 5.32 Å². The largest absolute Gasteiger partial charge is 0.508 e. The number of nitrogens with one attached hydrogen (secondary N) is 1. The molecule has 2 atom stereocenters. The van der Waals surface area contributed by atoms with Crippen LogP contribution in [0.4, 0.5) is 0 Å². The van der Waals surface area contributed by atoms with Crippen molar-refractivity contribution in [2.75, 3.05) is 5.33 Å². The van der Waals surface area contributed by atoms with Gasteiger partial charge < -0.3 is 10.4 Å². The molecule has 0 radical (unpaired) electrons. The molecular weight excluding hydrogens is 294 g/mol. The van der Waals surface area contributed by atoms with Crippen LogP contribution >= 0.6 is 15.9 Å². The molecule has 0 aromatic heterocycles. The minimum atomic E-state index is -0.0483. The molecule has 2 N–H and O–H groups in total. The summed E-state index contributed by atoms with van der Waals surface area (Å²) in [5, 5.41) is 13.2. The van der Waals surface area contributed by atoms with E-state index in [4.69, 9.17) is 0 Å². The highest BCUT2D eigenvalue weighted by Crippen LogP contribution is 2.26. The molecule has 0 saturated heterocycles. The minimum Gasteiger partial charge on any atom is -0.508 e.